The van der Waals surface area contributed by atoms with Crippen molar-refractivity contribution in [1.29, 1.82) is 0 Å². The van der Waals surface area contributed by atoms with Gasteiger partial charge in [0.05, 0.1) is 12.6 Å². The number of carbonyl (C=O) groups is 1. The first kappa shape index (κ1) is 14.3. The Balaban J connectivity index is 2.32. The zero-order chi connectivity index (χ0) is 13.2. The van der Waals surface area contributed by atoms with Crippen molar-refractivity contribution >= 4 is 6.09 Å². The molecule has 1 atom stereocenters. The summed E-state index contributed by atoms with van der Waals surface area (Å²) >= 11 is 0. The third kappa shape index (κ3) is 5.50. The number of allylic oxidation sites excluding steroid dienone is 1. The second-order valence-corrected chi connectivity index (χ2v) is 3.89. The van der Waals surface area contributed by atoms with Crippen molar-refractivity contribution in [2.24, 2.45) is 0 Å². The summed E-state index contributed by atoms with van der Waals surface area (Å²) in [6.07, 6.45) is 3.84. The zero-order valence-corrected chi connectivity index (χ0v) is 10.5. The Labute approximate surface area is 107 Å². The van der Waals surface area contributed by atoms with Gasteiger partial charge in [-0.3, -0.25) is 0 Å². The maximum atomic E-state index is 11.5. The van der Waals surface area contributed by atoms with Crippen LogP contribution in [-0.4, -0.2) is 23.8 Å². The smallest absolute Gasteiger partial charge is 0.407 e. The van der Waals surface area contributed by atoms with E-state index in [4.69, 9.17) is 9.84 Å². The molecule has 0 radical (unpaired) electrons. The lowest BCUT2D eigenvalue weighted by molar-refractivity contribution is 0.129. The quantitative estimate of drug-likeness (QED) is 0.760. The van der Waals surface area contributed by atoms with Crippen LogP contribution < -0.4 is 5.32 Å². The number of benzene rings is 1. The summed E-state index contributed by atoms with van der Waals surface area (Å²) in [5.41, 5.74) is 0.932. The molecule has 0 heterocycles. The number of ether oxygens (including phenoxy) is 1. The summed E-state index contributed by atoms with van der Waals surface area (Å²) in [7, 11) is 0. The van der Waals surface area contributed by atoms with Crippen LogP contribution in [0.15, 0.2) is 42.5 Å². The first-order valence-electron chi connectivity index (χ1n) is 5.95. The van der Waals surface area contributed by atoms with Gasteiger partial charge in [-0.05, 0) is 18.9 Å². The van der Waals surface area contributed by atoms with E-state index in [1.54, 1.807) is 0 Å². The van der Waals surface area contributed by atoms with Gasteiger partial charge in [0.1, 0.15) is 6.61 Å². The van der Waals surface area contributed by atoms with Crippen molar-refractivity contribution in [1.82, 2.24) is 5.32 Å². The summed E-state index contributed by atoms with van der Waals surface area (Å²) in [6.45, 7) is 2.02. The van der Waals surface area contributed by atoms with Gasteiger partial charge in [-0.25, -0.2) is 4.79 Å². The van der Waals surface area contributed by atoms with Gasteiger partial charge < -0.3 is 15.2 Å². The standard InChI is InChI=1S/C14H19NO3/c1-2-3-9-13(10-16)15-14(17)18-11-12-7-5-4-6-8-12/h2-8,13,16H,9-11H2,1H3,(H,15,17)/b3-2+. The maximum Gasteiger partial charge on any atom is 0.407 e. The van der Waals surface area contributed by atoms with Crippen LogP contribution in [0.4, 0.5) is 4.79 Å². The molecule has 0 fully saturated rings. The average Bonchev–Trinajstić information content (AvgIpc) is 2.42. The van der Waals surface area contributed by atoms with Crippen LogP contribution in [0.5, 0.6) is 0 Å². The van der Waals surface area contributed by atoms with Gasteiger partial charge in [0.25, 0.3) is 0 Å². The number of rotatable bonds is 6. The Bertz CT molecular complexity index is 376. The molecule has 98 valence electrons. The van der Waals surface area contributed by atoms with Gasteiger partial charge in [0, 0.05) is 0 Å². The molecular weight excluding hydrogens is 230 g/mol. The van der Waals surface area contributed by atoms with E-state index < -0.39 is 6.09 Å². The van der Waals surface area contributed by atoms with Gasteiger partial charge >= 0.3 is 6.09 Å². The van der Waals surface area contributed by atoms with E-state index in [2.05, 4.69) is 5.32 Å². The molecule has 0 spiro atoms. The maximum absolute atomic E-state index is 11.5. The molecule has 0 aliphatic carbocycles. The molecular formula is C14H19NO3. The average molecular weight is 249 g/mol. The monoisotopic (exact) mass is 249 g/mol. The van der Waals surface area contributed by atoms with Crippen LogP contribution in [0.25, 0.3) is 0 Å². The number of amides is 1. The lowest BCUT2D eigenvalue weighted by Crippen LogP contribution is -2.37. The fraction of sp³-hybridized carbons (Fsp3) is 0.357. The van der Waals surface area contributed by atoms with Crippen molar-refractivity contribution < 1.29 is 14.6 Å². The summed E-state index contributed by atoms with van der Waals surface area (Å²) in [5.74, 6) is 0. The van der Waals surface area contributed by atoms with E-state index in [0.29, 0.717) is 6.42 Å². The largest absolute Gasteiger partial charge is 0.445 e. The van der Waals surface area contributed by atoms with Crippen LogP contribution in [0.2, 0.25) is 0 Å². The molecule has 1 aromatic rings. The van der Waals surface area contributed by atoms with Gasteiger partial charge in [0.2, 0.25) is 0 Å². The molecule has 0 bridgehead atoms. The van der Waals surface area contributed by atoms with E-state index in [1.807, 2.05) is 49.4 Å². The van der Waals surface area contributed by atoms with E-state index >= 15 is 0 Å². The molecule has 1 aromatic carbocycles. The molecule has 0 aliphatic heterocycles. The van der Waals surface area contributed by atoms with E-state index in [0.717, 1.165) is 5.56 Å². The van der Waals surface area contributed by atoms with Crippen LogP contribution in [0, 0.1) is 0 Å². The Morgan fingerprint density at radius 1 is 1.44 bits per heavy atom. The van der Waals surface area contributed by atoms with Gasteiger partial charge in [-0.2, -0.15) is 0 Å². The molecule has 4 nitrogen and oxygen atoms in total. The number of aliphatic hydroxyl groups excluding tert-OH is 1. The topological polar surface area (TPSA) is 58.6 Å². The Morgan fingerprint density at radius 2 is 2.17 bits per heavy atom. The summed E-state index contributed by atoms with van der Waals surface area (Å²) in [6, 6.07) is 9.15. The Morgan fingerprint density at radius 3 is 2.78 bits per heavy atom. The van der Waals surface area contributed by atoms with Crippen LogP contribution in [0.1, 0.15) is 18.9 Å². The lowest BCUT2D eigenvalue weighted by Gasteiger charge is -2.14. The highest BCUT2D eigenvalue weighted by atomic mass is 16.5. The van der Waals surface area contributed by atoms with Crippen molar-refractivity contribution in [2.45, 2.75) is 26.0 Å². The van der Waals surface area contributed by atoms with Crippen molar-refractivity contribution in [2.75, 3.05) is 6.61 Å². The number of alkyl carbamates (subject to hydrolysis) is 1. The molecule has 4 heteroatoms. The first-order valence-corrected chi connectivity index (χ1v) is 5.95. The minimum Gasteiger partial charge on any atom is -0.445 e. The molecule has 0 aromatic heterocycles. The van der Waals surface area contributed by atoms with E-state index in [1.165, 1.54) is 0 Å². The minimum absolute atomic E-state index is 0.106. The third-order valence-corrected chi connectivity index (χ3v) is 2.41. The Kier molecular flexibility index (Phi) is 6.58. The lowest BCUT2D eigenvalue weighted by atomic mass is 10.2. The molecule has 1 rings (SSSR count). The van der Waals surface area contributed by atoms with Crippen molar-refractivity contribution in [3.05, 3.63) is 48.0 Å². The summed E-state index contributed by atoms with van der Waals surface area (Å²) in [4.78, 5) is 11.5. The van der Waals surface area contributed by atoms with Gasteiger partial charge in [-0.15, -0.1) is 0 Å². The molecule has 1 amide bonds. The van der Waals surface area contributed by atoms with Gasteiger partial charge in [-0.1, -0.05) is 42.5 Å². The fourth-order valence-corrected chi connectivity index (χ4v) is 1.41. The van der Waals surface area contributed by atoms with Crippen LogP contribution in [-0.2, 0) is 11.3 Å². The van der Waals surface area contributed by atoms with E-state index in [-0.39, 0.29) is 19.3 Å². The number of hydrogen-bond donors (Lipinski definition) is 2. The number of nitrogens with one attached hydrogen (secondary N) is 1. The van der Waals surface area contributed by atoms with E-state index in [9.17, 15) is 4.79 Å². The molecule has 0 aliphatic rings. The van der Waals surface area contributed by atoms with Crippen molar-refractivity contribution in [3.8, 4) is 0 Å². The fourth-order valence-electron chi connectivity index (χ4n) is 1.41. The van der Waals surface area contributed by atoms with Crippen LogP contribution in [0.3, 0.4) is 0 Å². The minimum atomic E-state index is -0.512. The predicted octanol–water partition coefficient (Wildman–Crippen LogP) is 2.24. The normalized spacial score (nSPS) is 12.3. The molecule has 0 saturated heterocycles. The zero-order valence-electron chi connectivity index (χ0n) is 10.5. The summed E-state index contributed by atoms with van der Waals surface area (Å²) in [5, 5.41) is 11.7. The highest BCUT2D eigenvalue weighted by Crippen LogP contribution is 2.01. The number of aliphatic hydroxyl groups is 1. The molecule has 18 heavy (non-hydrogen) atoms. The Hall–Kier alpha value is -1.81. The molecule has 1 unspecified atom stereocenters. The number of carbonyl (C=O) groups excluding carboxylic acids is 1. The third-order valence-electron chi connectivity index (χ3n) is 2.41. The van der Waals surface area contributed by atoms with Crippen molar-refractivity contribution in [3.63, 3.8) is 0 Å². The SMILES string of the molecule is C/C=C/CC(CO)NC(=O)OCc1ccccc1. The molecule has 0 saturated carbocycles. The first-order chi connectivity index (χ1) is 8.76. The second kappa shape index (κ2) is 8.31. The number of hydrogen-bond acceptors (Lipinski definition) is 3. The van der Waals surface area contributed by atoms with Gasteiger partial charge in [0.15, 0.2) is 0 Å². The van der Waals surface area contributed by atoms with Crippen LogP contribution >= 0.6 is 0 Å². The molecule has 2 N–H and O–H groups in total. The second-order valence-electron chi connectivity index (χ2n) is 3.89. The summed E-state index contributed by atoms with van der Waals surface area (Å²) < 4.78 is 5.06. The highest BCUT2D eigenvalue weighted by molar-refractivity contribution is 5.67. The predicted molar refractivity (Wildman–Crippen MR) is 70.1 cm³/mol. The highest BCUT2D eigenvalue weighted by Gasteiger charge is 2.10.